The van der Waals surface area contributed by atoms with Crippen molar-refractivity contribution < 1.29 is 22.7 Å². The normalized spacial score (nSPS) is 17.3. The Bertz CT molecular complexity index is 705. The van der Waals surface area contributed by atoms with Gasteiger partial charge in [0.25, 0.3) is 0 Å². The van der Waals surface area contributed by atoms with E-state index in [0.717, 1.165) is 6.07 Å². The van der Waals surface area contributed by atoms with Gasteiger partial charge in [0.05, 0.1) is 17.3 Å². The number of benzene rings is 1. The number of aliphatic carboxylic acids is 1. The maximum absolute atomic E-state index is 13.2. The summed E-state index contributed by atoms with van der Waals surface area (Å²) in [6.45, 7) is 0.614. The molecule has 0 radical (unpaired) electrons. The molecule has 0 atom stereocenters. The van der Waals surface area contributed by atoms with Crippen LogP contribution < -0.4 is 0 Å². The first-order valence-corrected chi connectivity index (χ1v) is 9.51. The predicted molar refractivity (Wildman–Crippen MR) is 88.9 cm³/mol. The van der Waals surface area contributed by atoms with Crippen molar-refractivity contribution in [1.29, 1.82) is 0 Å². The Morgan fingerprint density at radius 3 is 2.58 bits per heavy atom. The summed E-state index contributed by atoms with van der Waals surface area (Å²) in [6, 6.07) is 3.93. The molecule has 0 aliphatic carbocycles. The molecule has 6 nitrogen and oxygen atoms in total. The predicted octanol–water partition coefficient (Wildman–Crippen LogP) is 1.79. The zero-order valence-corrected chi connectivity index (χ0v) is 14.9. The highest BCUT2D eigenvalue weighted by Gasteiger charge is 2.30. The summed E-state index contributed by atoms with van der Waals surface area (Å²) in [7, 11) is -1.80. The lowest BCUT2D eigenvalue weighted by molar-refractivity contribution is -0.138. The Morgan fingerprint density at radius 2 is 2.04 bits per heavy atom. The third kappa shape index (κ3) is 4.89. The standard InChI is InChI=1S/C15H20ClFN2O4S/c1-18(9-15(20)21)12-4-6-19(7-5-12)24(22,23)10-11-2-3-14(17)13(16)8-11/h2-3,8,12H,4-7,9-10H2,1H3,(H,20,21). The van der Waals surface area contributed by atoms with E-state index in [-0.39, 0.29) is 23.4 Å². The molecule has 0 bridgehead atoms. The molecule has 1 aliphatic heterocycles. The van der Waals surface area contributed by atoms with Gasteiger partial charge in [-0.15, -0.1) is 0 Å². The Balaban J connectivity index is 1.96. The van der Waals surface area contributed by atoms with Gasteiger partial charge in [-0.25, -0.2) is 17.1 Å². The summed E-state index contributed by atoms with van der Waals surface area (Å²) in [5, 5.41) is 8.72. The molecule has 24 heavy (non-hydrogen) atoms. The van der Waals surface area contributed by atoms with Crippen molar-refractivity contribution in [3.63, 3.8) is 0 Å². The average molecular weight is 379 g/mol. The van der Waals surface area contributed by atoms with Crippen LogP contribution in [0.15, 0.2) is 18.2 Å². The van der Waals surface area contributed by atoms with E-state index in [1.54, 1.807) is 11.9 Å². The summed E-state index contributed by atoms with van der Waals surface area (Å²) in [4.78, 5) is 12.5. The van der Waals surface area contributed by atoms with Gasteiger partial charge in [-0.05, 0) is 37.6 Å². The monoisotopic (exact) mass is 378 g/mol. The van der Waals surface area contributed by atoms with Crippen molar-refractivity contribution in [3.05, 3.63) is 34.6 Å². The molecule has 1 aromatic rings. The second kappa shape index (κ2) is 7.77. The summed E-state index contributed by atoms with van der Waals surface area (Å²) in [5.41, 5.74) is 0.437. The largest absolute Gasteiger partial charge is 0.480 e. The first-order valence-electron chi connectivity index (χ1n) is 7.53. The molecular formula is C15H20ClFN2O4S. The number of carboxylic acids is 1. The Labute approximate surface area is 145 Å². The van der Waals surface area contributed by atoms with Crippen LogP contribution in [0.5, 0.6) is 0 Å². The number of piperidine rings is 1. The fourth-order valence-corrected chi connectivity index (χ4v) is 4.59. The van der Waals surface area contributed by atoms with Crippen LogP contribution in [0, 0.1) is 5.82 Å². The van der Waals surface area contributed by atoms with Crippen molar-refractivity contribution >= 4 is 27.6 Å². The van der Waals surface area contributed by atoms with Crippen LogP contribution in [0.2, 0.25) is 5.02 Å². The van der Waals surface area contributed by atoms with E-state index < -0.39 is 21.8 Å². The second-order valence-electron chi connectivity index (χ2n) is 5.94. The third-order valence-corrected chi connectivity index (χ3v) is 6.30. The molecule has 1 N–H and O–H groups in total. The fourth-order valence-electron chi connectivity index (χ4n) is 2.83. The first-order chi connectivity index (χ1) is 11.2. The quantitative estimate of drug-likeness (QED) is 0.816. The number of carboxylic acid groups (broad SMARTS) is 1. The molecule has 1 fully saturated rings. The minimum atomic E-state index is -3.52. The topological polar surface area (TPSA) is 77.9 Å². The van der Waals surface area contributed by atoms with E-state index in [4.69, 9.17) is 16.7 Å². The van der Waals surface area contributed by atoms with E-state index in [1.807, 2.05) is 0 Å². The minimum Gasteiger partial charge on any atom is -0.480 e. The average Bonchev–Trinajstić information content (AvgIpc) is 2.50. The number of likely N-dealkylation sites (N-methyl/N-ethyl adjacent to an activating group) is 1. The molecule has 1 saturated heterocycles. The molecule has 0 amide bonds. The maximum atomic E-state index is 13.2. The number of hydrogen-bond acceptors (Lipinski definition) is 4. The van der Waals surface area contributed by atoms with Crippen LogP contribution in [0.25, 0.3) is 0 Å². The van der Waals surface area contributed by atoms with Crippen LogP contribution in [0.3, 0.4) is 0 Å². The van der Waals surface area contributed by atoms with E-state index >= 15 is 0 Å². The lowest BCUT2D eigenvalue weighted by atomic mass is 10.1. The molecule has 1 aliphatic rings. The van der Waals surface area contributed by atoms with Gasteiger partial charge < -0.3 is 5.11 Å². The van der Waals surface area contributed by atoms with Crippen molar-refractivity contribution in [2.24, 2.45) is 0 Å². The first kappa shape index (κ1) is 19.1. The summed E-state index contributed by atoms with van der Waals surface area (Å²) < 4.78 is 39.5. The molecule has 1 heterocycles. The minimum absolute atomic E-state index is 0.0489. The third-order valence-electron chi connectivity index (χ3n) is 4.16. The summed E-state index contributed by atoms with van der Waals surface area (Å²) >= 11 is 5.69. The lowest BCUT2D eigenvalue weighted by Crippen LogP contribution is -2.46. The van der Waals surface area contributed by atoms with Crippen LogP contribution in [-0.2, 0) is 20.6 Å². The van der Waals surface area contributed by atoms with E-state index in [1.165, 1.54) is 16.4 Å². The molecule has 2 rings (SSSR count). The molecular weight excluding hydrogens is 359 g/mol. The number of nitrogens with zero attached hydrogens (tertiary/aromatic N) is 2. The van der Waals surface area contributed by atoms with Crippen LogP contribution in [0.4, 0.5) is 4.39 Å². The highest BCUT2D eigenvalue weighted by molar-refractivity contribution is 7.88. The van der Waals surface area contributed by atoms with Crippen LogP contribution >= 0.6 is 11.6 Å². The van der Waals surface area contributed by atoms with E-state index in [2.05, 4.69) is 0 Å². The smallest absolute Gasteiger partial charge is 0.317 e. The van der Waals surface area contributed by atoms with Gasteiger partial charge in [0.2, 0.25) is 10.0 Å². The number of halogens is 2. The maximum Gasteiger partial charge on any atom is 0.317 e. The zero-order chi connectivity index (χ0) is 17.9. The number of rotatable bonds is 6. The van der Waals surface area contributed by atoms with Gasteiger partial charge >= 0.3 is 5.97 Å². The second-order valence-corrected chi connectivity index (χ2v) is 8.32. The lowest BCUT2D eigenvalue weighted by Gasteiger charge is -2.35. The van der Waals surface area contributed by atoms with E-state index in [0.29, 0.717) is 31.5 Å². The van der Waals surface area contributed by atoms with Gasteiger partial charge in [-0.2, -0.15) is 0 Å². The van der Waals surface area contributed by atoms with Crippen LogP contribution in [-0.4, -0.2) is 61.4 Å². The Hall–Kier alpha value is -1.22. The molecule has 0 saturated carbocycles. The van der Waals surface area contributed by atoms with Crippen LogP contribution in [0.1, 0.15) is 18.4 Å². The van der Waals surface area contributed by atoms with Gasteiger partial charge in [0.15, 0.2) is 0 Å². The molecule has 0 spiro atoms. The van der Waals surface area contributed by atoms with Gasteiger partial charge in [0.1, 0.15) is 5.82 Å². The molecule has 134 valence electrons. The summed E-state index contributed by atoms with van der Waals surface area (Å²) in [6.07, 6.45) is 1.15. The molecule has 0 unspecified atom stereocenters. The zero-order valence-electron chi connectivity index (χ0n) is 13.3. The number of carbonyl (C=O) groups is 1. The van der Waals surface area contributed by atoms with Crippen molar-refractivity contribution in [2.45, 2.75) is 24.6 Å². The SMILES string of the molecule is CN(CC(=O)O)C1CCN(S(=O)(=O)Cc2ccc(F)c(Cl)c2)CC1. The Morgan fingerprint density at radius 1 is 1.42 bits per heavy atom. The molecule has 0 aromatic heterocycles. The van der Waals surface area contributed by atoms with Gasteiger partial charge in [-0.3, -0.25) is 9.69 Å². The van der Waals surface area contributed by atoms with E-state index in [9.17, 15) is 17.6 Å². The number of hydrogen-bond donors (Lipinski definition) is 1. The molecule has 9 heteroatoms. The highest BCUT2D eigenvalue weighted by Crippen LogP contribution is 2.22. The van der Waals surface area contributed by atoms with Crippen molar-refractivity contribution in [3.8, 4) is 0 Å². The Kier molecular flexibility index (Phi) is 6.19. The molecule has 1 aromatic carbocycles. The van der Waals surface area contributed by atoms with Crippen molar-refractivity contribution in [1.82, 2.24) is 9.21 Å². The van der Waals surface area contributed by atoms with Crippen molar-refractivity contribution in [2.75, 3.05) is 26.7 Å². The fraction of sp³-hybridized carbons (Fsp3) is 0.533. The van der Waals surface area contributed by atoms with Gasteiger partial charge in [-0.1, -0.05) is 17.7 Å². The summed E-state index contributed by atoms with van der Waals surface area (Å²) in [5.74, 6) is -1.72. The van der Waals surface area contributed by atoms with Gasteiger partial charge in [0, 0.05) is 19.1 Å². The highest BCUT2D eigenvalue weighted by atomic mass is 35.5. The number of sulfonamides is 1.